The van der Waals surface area contributed by atoms with Gasteiger partial charge in [0.15, 0.2) is 0 Å². The van der Waals surface area contributed by atoms with E-state index in [0.29, 0.717) is 18.5 Å². The fourth-order valence-corrected chi connectivity index (χ4v) is 2.76. The van der Waals surface area contributed by atoms with Crippen molar-refractivity contribution in [3.8, 4) is 5.69 Å². The van der Waals surface area contributed by atoms with E-state index in [9.17, 15) is 9.90 Å². The first-order valence-corrected chi connectivity index (χ1v) is 8.13. The van der Waals surface area contributed by atoms with E-state index in [1.807, 2.05) is 30.5 Å². The third-order valence-corrected chi connectivity index (χ3v) is 4.64. The summed E-state index contributed by atoms with van der Waals surface area (Å²) in [6, 6.07) is 9.24. The third kappa shape index (κ3) is 4.20. The molecule has 1 aromatic heterocycles. The highest BCUT2D eigenvalue weighted by atomic mass is 16.3. The number of aliphatic hydroxyl groups is 1. The minimum absolute atomic E-state index is 0.0377. The fraction of sp³-hybridized carbons (Fsp3) is 0.444. The average Bonchev–Trinajstić information content (AvgIpc) is 3.13. The summed E-state index contributed by atoms with van der Waals surface area (Å²) in [4.78, 5) is 12.4. The summed E-state index contributed by atoms with van der Waals surface area (Å²) in [5.74, 6) is -0.0942. The number of hydrogen-bond donors (Lipinski definition) is 2. The summed E-state index contributed by atoms with van der Waals surface area (Å²) in [5.41, 5.74) is 1.43. The van der Waals surface area contributed by atoms with Crippen molar-refractivity contribution in [1.29, 1.82) is 0 Å². The quantitative estimate of drug-likeness (QED) is 0.787. The molecule has 2 aromatic rings. The molecule has 0 aliphatic rings. The molecule has 0 atom stereocenters. The van der Waals surface area contributed by atoms with Gasteiger partial charge in [0.25, 0.3) is 5.91 Å². The monoisotopic (exact) mass is 315 g/mol. The zero-order chi connectivity index (χ0) is 16.7. The molecule has 1 aromatic carbocycles. The highest BCUT2D eigenvalue weighted by Gasteiger charge is 2.26. The van der Waals surface area contributed by atoms with Crippen molar-refractivity contribution in [2.45, 2.75) is 33.1 Å². The van der Waals surface area contributed by atoms with Gasteiger partial charge in [0.2, 0.25) is 0 Å². The summed E-state index contributed by atoms with van der Waals surface area (Å²) in [6.07, 6.45) is 6.11. The van der Waals surface area contributed by atoms with Crippen LogP contribution < -0.4 is 5.32 Å². The predicted molar refractivity (Wildman–Crippen MR) is 90.6 cm³/mol. The normalized spacial score (nSPS) is 11.4. The minimum Gasteiger partial charge on any atom is -0.396 e. The summed E-state index contributed by atoms with van der Waals surface area (Å²) in [5, 5.41) is 16.5. The molecule has 0 fully saturated rings. The smallest absolute Gasteiger partial charge is 0.251 e. The Morgan fingerprint density at radius 3 is 2.70 bits per heavy atom. The zero-order valence-corrected chi connectivity index (χ0v) is 13.8. The molecule has 124 valence electrons. The Balaban J connectivity index is 2.07. The maximum atomic E-state index is 12.4. The number of rotatable bonds is 8. The number of hydrogen-bond acceptors (Lipinski definition) is 3. The summed E-state index contributed by atoms with van der Waals surface area (Å²) in [6.45, 7) is 4.92. The van der Waals surface area contributed by atoms with E-state index in [2.05, 4.69) is 24.3 Å². The van der Waals surface area contributed by atoms with Crippen molar-refractivity contribution in [1.82, 2.24) is 15.1 Å². The molecular weight excluding hydrogens is 290 g/mol. The van der Waals surface area contributed by atoms with Crippen LogP contribution in [0.3, 0.4) is 0 Å². The van der Waals surface area contributed by atoms with Crippen LogP contribution in [0.4, 0.5) is 0 Å². The van der Waals surface area contributed by atoms with Crippen LogP contribution in [0, 0.1) is 5.41 Å². The number of nitrogens with one attached hydrogen (secondary N) is 1. The van der Waals surface area contributed by atoms with E-state index < -0.39 is 0 Å². The van der Waals surface area contributed by atoms with Crippen molar-refractivity contribution >= 4 is 5.91 Å². The van der Waals surface area contributed by atoms with Crippen LogP contribution in [0.15, 0.2) is 42.7 Å². The lowest BCUT2D eigenvalue weighted by Gasteiger charge is -2.31. The fourth-order valence-electron chi connectivity index (χ4n) is 2.76. The summed E-state index contributed by atoms with van der Waals surface area (Å²) in [7, 11) is 0. The molecule has 2 N–H and O–H groups in total. The standard InChI is InChI=1S/C18H25N3O2/c1-3-18(4-2,9-12-22)14-19-17(23)15-7-5-8-16(13-15)21-11-6-10-20-21/h5-8,10-11,13,22H,3-4,9,12,14H2,1-2H3,(H,19,23). The van der Waals surface area contributed by atoms with Crippen LogP contribution in [0.1, 0.15) is 43.5 Å². The Morgan fingerprint density at radius 1 is 1.30 bits per heavy atom. The van der Waals surface area contributed by atoms with Gasteiger partial charge in [-0.3, -0.25) is 4.79 Å². The van der Waals surface area contributed by atoms with Gasteiger partial charge in [-0.1, -0.05) is 19.9 Å². The van der Waals surface area contributed by atoms with Crippen LogP contribution in [0.25, 0.3) is 5.69 Å². The van der Waals surface area contributed by atoms with Gasteiger partial charge >= 0.3 is 0 Å². The van der Waals surface area contributed by atoms with E-state index in [-0.39, 0.29) is 17.9 Å². The molecule has 0 unspecified atom stereocenters. The summed E-state index contributed by atoms with van der Waals surface area (Å²) < 4.78 is 1.73. The second-order valence-corrected chi connectivity index (χ2v) is 5.86. The lowest BCUT2D eigenvalue weighted by Crippen LogP contribution is -2.37. The van der Waals surface area contributed by atoms with Gasteiger partial charge in [0, 0.05) is 31.1 Å². The third-order valence-electron chi connectivity index (χ3n) is 4.64. The zero-order valence-electron chi connectivity index (χ0n) is 13.8. The molecular formula is C18H25N3O2. The lowest BCUT2D eigenvalue weighted by atomic mass is 9.79. The molecule has 5 heteroatoms. The molecule has 1 amide bonds. The molecule has 0 bridgehead atoms. The number of aliphatic hydroxyl groups excluding tert-OH is 1. The Kier molecular flexibility index (Phi) is 5.93. The Bertz CT molecular complexity index is 619. The van der Waals surface area contributed by atoms with Crippen LogP contribution in [-0.2, 0) is 0 Å². The maximum Gasteiger partial charge on any atom is 0.251 e. The first-order valence-electron chi connectivity index (χ1n) is 8.13. The predicted octanol–water partition coefficient (Wildman–Crippen LogP) is 2.79. The van der Waals surface area contributed by atoms with Crippen molar-refractivity contribution in [3.63, 3.8) is 0 Å². The number of aromatic nitrogens is 2. The number of benzene rings is 1. The van der Waals surface area contributed by atoms with Crippen LogP contribution in [-0.4, -0.2) is 33.9 Å². The number of nitrogens with zero attached hydrogens (tertiary/aromatic N) is 2. The van der Waals surface area contributed by atoms with E-state index in [0.717, 1.165) is 18.5 Å². The number of carbonyl (C=O) groups excluding carboxylic acids is 1. The molecule has 2 rings (SSSR count). The number of carbonyl (C=O) groups is 1. The molecule has 0 saturated heterocycles. The molecule has 0 saturated carbocycles. The first-order chi connectivity index (χ1) is 11.1. The van der Waals surface area contributed by atoms with Crippen molar-refractivity contribution in [3.05, 3.63) is 48.3 Å². The van der Waals surface area contributed by atoms with Crippen molar-refractivity contribution in [2.24, 2.45) is 5.41 Å². The van der Waals surface area contributed by atoms with Crippen LogP contribution >= 0.6 is 0 Å². The molecule has 0 aliphatic carbocycles. The summed E-state index contributed by atoms with van der Waals surface area (Å²) >= 11 is 0. The topological polar surface area (TPSA) is 67.2 Å². The Hall–Kier alpha value is -2.14. The highest BCUT2D eigenvalue weighted by Crippen LogP contribution is 2.29. The largest absolute Gasteiger partial charge is 0.396 e. The molecule has 23 heavy (non-hydrogen) atoms. The minimum atomic E-state index is -0.0942. The molecule has 0 spiro atoms. The molecule has 0 radical (unpaired) electrons. The SMILES string of the molecule is CCC(CC)(CCO)CNC(=O)c1cccc(-n2cccn2)c1. The second-order valence-electron chi connectivity index (χ2n) is 5.86. The van der Waals surface area contributed by atoms with Gasteiger partial charge in [-0.2, -0.15) is 5.10 Å². The van der Waals surface area contributed by atoms with Gasteiger partial charge in [-0.15, -0.1) is 0 Å². The van der Waals surface area contributed by atoms with Crippen LogP contribution in [0.2, 0.25) is 0 Å². The van der Waals surface area contributed by atoms with Gasteiger partial charge in [0.1, 0.15) is 0 Å². The molecule has 0 aliphatic heterocycles. The van der Waals surface area contributed by atoms with E-state index in [1.54, 1.807) is 16.9 Å². The first kappa shape index (κ1) is 17.2. The van der Waals surface area contributed by atoms with Gasteiger partial charge in [0.05, 0.1) is 5.69 Å². The van der Waals surface area contributed by atoms with E-state index in [4.69, 9.17) is 0 Å². The highest BCUT2D eigenvalue weighted by molar-refractivity contribution is 5.94. The second kappa shape index (κ2) is 7.92. The van der Waals surface area contributed by atoms with Crippen molar-refractivity contribution < 1.29 is 9.90 Å². The van der Waals surface area contributed by atoms with Gasteiger partial charge in [-0.25, -0.2) is 4.68 Å². The molecule has 1 heterocycles. The average molecular weight is 315 g/mol. The maximum absolute atomic E-state index is 12.4. The van der Waals surface area contributed by atoms with Crippen LogP contribution in [0.5, 0.6) is 0 Å². The van der Waals surface area contributed by atoms with Crippen molar-refractivity contribution in [2.75, 3.05) is 13.2 Å². The lowest BCUT2D eigenvalue weighted by molar-refractivity contribution is 0.0907. The van der Waals surface area contributed by atoms with E-state index >= 15 is 0 Å². The van der Waals surface area contributed by atoms with Gasteiger partial charge < -0.3 is 10.4 Å². The molecule has 5 nitrogen and oxygen atoms in total. The number of amides is 1. The van der Waals surface area contributed by atoms with E-state index in [1.165, 1.54) is 0 Å². The van der Waals surface area contributed by atoms with Gasteiger partial charge in [-0.05, 0) is 48.9 Å². The Labute approximate surface area is 137 Å². The Morgan fingerprint density at radius 2 is 2.09 bits per heavy atom.